The summed E-state index contributed by atoms with van der Waals surface area (Å²) >= 11 is 1.75. The topological polar surface area (TPSA) is 38.9 Å². The van der Waals surface area contributed by atoms with Crippen LogP contribution >= 0.6 is 11.3 Å². The van der Waals surface area contributed by atoms with Crippen molar-refractivity contribution in [3.05, 3.63) is 50.5 Å². The number of nitrogens with zero attached hydrogens (tertiary/aromatic N) is 1. The summed E-state index contributed by atoms with van der Waals surface area (Å²) < 4.78 is 0. The summed E-state index contributed by atoms with van der Waals surface area (Å²) in [5.41, 5.74) is 11.1. The van der Waals surface area contributed by atoms with Gasteiger partial charge in [0.15, 0.2) is 0 Å². The zero-order chi connectivity index (χ0) is 14.2. The molecule has 2 N–H and O–H groups in total. The van der Waals surface area contributed by atoms with Crippen molar-refractivity contribution >= 4 is 11.3 Å². The van der Waals surface area contributed by atoms with Crippen molar-refractivity contribution in [3.63, 3.8) is 0 Å². The van der Waals surface area contributed by atoms with E-state index in [2.05, 4.69) is 57.8 Å². The van der Waals surface area contributed by atoms with Crippen LogP contribution < -0.4 is 5.73 Å². The van der Waals surface area contributed by atoms with E-state index in [1.165, 1.54) is 21.6 Å². The van der Waals surface area contributed by atoms with E-state index in [0.29, 0.717) is 0 Å². The van der Waals surface area contributed by atoms with E-state index in [1.807, 2.05) is 0 Å². The normalized spacial score (nSPS) is 14.4. The van der Waals surface area contributed by atoms with E-state index < -0.39 is 0 Å². The second-order valence-corrected chi connectivity index (χ2v) is 6.93. The zero-order valence-corrected chi connectivity index (χ0v) is 13.2. The van der Waals surface area contributed by atoms with Crippen molar-refractivity contribution in [2.24, 2.45) is 5.73 Å². The van der Waals surface area contributed by atoms with Gasteiger partial charge < -0.3 is 5.73 Å². The third kappa shape index (κ3) is 3.04. The number of hydrogen-bond acceptors (Lipinski definition) is 3. The fourth-order valence-electron chi connectivity index (χ4n) is 2.13. The molecule has 0 aliphatic carbocycles. The van der Waals surface area contributed by atoms with E-state index in [0.717, 1.165) is 17.1 Å². The molecule has 0 bridgehead atoms. The Morgan fingerprint density at radius 3 is 2.37 bits per heavy atom. The van der Waals surface area contributed by atoms with E-state index in [1.54, 1.807) is 11.3 Å². The summed E-state index contributed by atoms with van der Waals surface area (Å²) in [6, 6.07) is 6.48. The highest BCUT2D eigenvalue weighted by Gasteiger charge is 2.24. The van der Waals surface area contributed by atoms with Crippen LogP contribution in [-0.2, 0) is 12.0 Å². The molecule has 0 aliphatic rings. The molecule has 19 heavy (non-hydrogen) atoms. The number of nitrogens with two attached hydrogens (primary N) is 1. The third-order valence-corrected chi connectivity index (χ3v) is 4.83. The monoisotopic (exact) mass is 274 g/mol. The van der Waals surface area contributed by atoms with Gasteiger partial charge in [0.1, 0.15) is 0 Å². The van der Waals surface area contributed by atoms with E-state index in [-0.39, 0.29) is 5.54 Å². The minimum atomic E-state index is -0.366. The molecule has 0 saturated heterocycles. The molecule has 0 spiro atoms. The molecule has 3 heteroatoms. The lowest BCUT2D eigenvalue weighted by Gasteiger charge is -2.25. The van der Waals surface area contributed by atoms with Crippen molar-refractivity contribution < 1.29 is 0 Å². The maximum absolute atomic E-state index is 6.52. The first-order valence-corrected chi connectivity index (χ1v) is 7.41. The smallest absolute Gasteiger partial charge is 0.0952 e. The minimum absolute atomic E-state index is 0.366. The molecule has 0 aliphatic heterocycles. The number of rotatable bonds is 3. The molecule has 2 nitrogen and oxygen atoms in total. The number of hydrogen-bond donors (Lipinski definition) is 1. The van der Waals surface area contributed by atoms with Gasteiger partial charge in [-0.15, -0.1) is 11.3 Å². The van der Waals surface area contributed by atoms with Crippen LogP contribution in [-0.4, -0.2) is 4.98 Å². The molecular formula is C16H22N2S. The Balaban J connectivity index is 2.28. The van der Waals surface area contributed by atoms with Crippen LogP contribution in [0.5, 0.6) is 0 Å². The van der Waals surface area contributed by atoms with Gasteiger partial charge in [0, 0.05) is 16.8 Å². The number of aromatic nitrogens is 1. The molecule has 102 valence electrons. The lowest BCUT2D eigenvalue weighted by atomic mass is 9.88. The summed E-state index contributed by atoms with van der Waals surface area (Å²) in [6.07, 6.45) is 0.787. The maximum Gasteiger partial charge on any atom is 0.0952 e. The summed E-state index contributed by atoms with van der Waals surface area (Å²) in [5, 5.41) is 1.12. The summed E-state index contributed by atoms with van der Waals surface area (Å²) in [6.45, 7) is 10.5. The minimum Gasteiger partial charge on any atom is -0.321 e. The van der Waals surface area contributed by atoms with Gasteiger partial charge in [-0.25, -0.2) is 4.98 Å². The second kappa shape index (κ2) is 5.06. The van der Waals surface area contributed by atoms with E-state index >= 15 is 0 Å². The second-order valence-electron chi connectivity index (χ2n) is 5.64. The largest absolute Gasteiger partial charge is 0.321 e. The van der Waals surface area contributed by atoms with Gasteiger partial charge in [0.05, 0.1) is 10.7 Å². The maximum atomic E-state index is 6.52. The van der Waals surface area contributed by atoms with Crippen molar-refractivity contribution in [3.8, 4) is 0 Å². The molecule has 1 aromatic heterocycles. The van der Waals surface area contributed by atoms with E-state index in [4.69, 9.17) is 5.73 Å². The van der Waals surface area contributed by atoms with Crippen LogP contribution in [0.4, 0.5) is 0 Å². The van der Waals surface area contributed by atoms with Gasteiger partial charge in [-0.1, -0.05) is 18.2 Å². The first-order chi connectivity index (χ1) is 8.79. The fourth-order valence-corrected chi connectivity index (χ4v) is 3.23. The van der Waals surface area contributed by atoms with Crippen LogP contribution in [0.1, 0.15) is 39.2 Å². The SMILES string of the molecule is Cc1ccc(C(C)(N)Cc2nc(C)c(C)s2)cc1C. The number of thiazole rings is 1. The van der Waals surface area contributed by atoms with Gasteiger partial charge in [-0.2, -0.15) is 0 Å². The van der Waals surface area contributed by atoms with Crippen molar-refractivity contribution in [2.45, 2.75) is 46.6 Å². The molecule has 1 unspecified atom stereocenters. The highest BCUT2D eigenvalue weighted by Crippen LogP contribution is 2.27. The van der Waals surface area contributed by atoms with Crippen LogP contribution in [0.25, 0.3) is 0 Å². The Kier molecular flexibility index (Phi) is 3.79. The molecule has 2 aromatic rings. The third-order valence-electron chi connectivity index (χ3n) is 3.76. The highest BCUT2D eigenvalue weighted by atomic mass is 32.1. The van der Waals surface area contributed by atoms with Crippen LogP contribution in [0.3, 0.4) is 0 Å². The Labute approximate surface area is 119 Å². The Hall–Kier alpha value is -1.19. The van der Waals surface area contributed by atoms with Gasteiger partial charge in [0.2, 0.25) is 0 Å². The number of aryl methyl sites for hydroxylation is 4. The summed E-state index contributed by atoms with van der Waals surface area (Å²) in [4.78, 5) is 5.88. The average Bonchev–Trinajstić information content (AvgIpc) is 2.60. The molecule has 0 saturated carbocycles. The molecule has 0 fully saturated rings. The van der Waals surface area contributed by atoms with Gasteiger partial charge >= 0.3 is 0 Å². The van der Waals surface area contributed by atoms with Gasteiger partial charge in [0.25, 0.3) is 0 Å². The van der Waals surface area contributed by atoms with Crippen LogP contribution in [0.2, 0.25) is 0 Å². The predicted molar refractivity (Wildman–Crippen MR) is 82.7 cm³/mol. The van der Waals surface area contributed by atoms with Gasteiger partial charge in [-0.3, -0.25) is 0 Å². The summed E-state index contributed by atoms with van der Waals surface area (Å²) in [7, 11) is 0. The molecular weight excluding hydrogens is 252 g/mol. The lowest BCUT2D eigenvalue weighted by Crippen LogP contribution is -2.35. The molecule has 0 radical (unpaired) electrons. The first kappa shape index (κ1) is 14.2. The average molecular weight is 274 g/mol. The summed E-state index contributed by atoms with van der Waals surface area (Å²) in [5.74, 6) is 0. The standard InChI is InChI=1S/C16H22N2S/c1-10-6-7-14(8-11(10)2)16(5,17)9-15-18-12(3)13(4)19-15/h6-8H,9,17H2,1-5H3. The number of benzene rings is 1. The highest BCUT2D eigenvalue weighted by molar-refractivity contribution is 7.11. The van der Waals surface area contributed by atoms with Crippen molar-refractivity contribution in [1.29, 1.82) is 0 Å². The quantitative estimate of drug-likeness (QED) is 0.924. The predicted octanol–water partition coefficient (Wildman–Crippen LogP) is 3.79. The van der Waals surface area contributed by atoms with Crippen LogP contribution in [0.15, 0.2) is 18.2 Å². The first-order valence-electron chi connectivity index (χ1n) is 6.59. The fraction of sp³-hybridized carbons (Fsp3) is 0.438. The molecule has 1 aromatic carbocycles. The lowest BCUT2D eigenvalue weighted by molar-refractivity contribution is 0.489. The Morgan fingerprint density at radius 2 is 1.84 bits per heavy atom. The molecule has 1 heterocycles. The molecule has 0 amide bonds. The van der Waals surface area contributed by atoms with Crippen molar-refractivity contribution in [1.82, 2.24) is 4.98 Å². The van der Waals surface area contributed by atoms with Crippen LogP contribution in [0, 0.1) is 27.7 Å². The van der Waals surface area contributed by atoms with E-state index in [9.17, 15) is 0 Å². The zero-order valence-electron chi connectivity index (χ0n) is 12.4. The molecule has 2 rings (SSSR count). The Bertz CT molecular complexity index is 577. The van der Waals surface area contributed by atoms with Gasteiger partial charge in [-0.05, 0) is 51.3 Å². The van der Waals surface area contributed by atoms with Crippen molar-refractivity contribution in [2.75, 3.05) is 0 Å². The molecule has 1 atom stereocenters. The Morgan fingerprint density at radius 1 is 1.16 bits per heavy atom.